The maximum atomic E-state index is 12.7. The van der Waals surface area contributed by atoms with Crippen LogP contribution in [0.25, 0.3) is 0 Å². The van der Waals surface area contributed by atoms with E-state index in [-0.39, 0.29) is 56.9 Å². The summed E-state index contributed by atoms with van der Waals surface area (Å²) < 4.78 is 38.0. The minimum absolute atomic E-state index is 0. The number of hydrogen-bond donors (Lipinski definition) is 0. The Bertz CT molecular complexity index is 441. The summed E-state index contributed by atoms with van der Waals surface area (Å²) in [4.78, 5) is 0. The van der Waals surface area contributed by atoms with Crippen molar-refractivity contribution in [3.8, 4) is 11.5 Å². The van der Waals surface area contributed by atoms with E-state index >= 15 is 0 Å². The Hall–Kier alpha value is 0.488. The molecule has 1 aromatic carbocycles. The van der Waals surface area contributed by atoms with Gasteiger partial charge in [-0.1, -0.05) is 49.2 Å². The van der Waals surface area contributed by atoms with Gasteiger partial charge in [-0.05, 0) is 11.6 Å². The molecule has 0 aliphatic rings. The fourth-order valence-corrected chi connectivity index (χ4v) is 1.66. The number of hydrogen-bond acceptors (Lipinski definition) is 0. The van der Waals surface area contributed by atoms with Crippen molar-refractivity contribution in [1.29, 1.82) is 0 Å². The van der Waals surface area contributed by atoms with Crippen molar-refractivity contribution in [2.45, 2.75) is 19.6 Å². The van der Waals surface area contributed by atoms with E-state index in [4.69, 9.17) is 0 Å². The molecule has 6 heteroatoms. The topological polar surface area (TPSA) is 0 Å². The van der Waals surface area contributed by atoms with Crippen molar-refractivity contribution in [1.82, 2.24) is 0 Å². The molecule has 0 nitrogen and oxygen atoms in total. The zero-order chi connectivity index (χ0) is 12.4. The summed E-state index contributed by atoms with van der Waals surface area (Å²) in [5, 5.41) is 0. The summed E-state index contributed by atoms with van der Waals surface area (Å²) in [7, 11) is -1.64. The monoisotopic (exact) mass is 280 g/mol. The van der Waals surface area contributed by atoms with Gasteiger partial charge in [-0.25, -0.2) is 0 Å². The Morgan fingerprint density at radius 1 is 1.06 bits per heavy atom. The first-order chi connectivity index (χ1) is 7.20. The van der Waals surface area contributed by atoms with E-state index in [0.717, 1.165) is 6.07 Å². The van der Waals surface area contributed by atoms with Crippen molar-refractivity contribution in [2.24, 2.45) is 0 Å². The van der Waals surface area contributed by atoms with Crippen LogP contribution in [-0.2, 0) is 0 Å². The van der Waals surface area contributed by atoms with Gasteiger partial charge in [0.15, 0.2) is 0 Å². The maximum absolute atomic E-state index is 12.7. The minimum Gasteiger partial charge on any atom is -0.445 e. The first-order valence-electron chi connectivity index (χ1n) is 5.02. The van der Waals surface area contributed by atoms with Crippen LogP contribution in [0, 0.1) is 11.5 Å². The van der Waals surface area contributed by atoms with E-state index in [1.807, 2.05) is 19.6 Å². The first kappa shape index (κ1) is 17.5. The van der Waals surface area contributed by atoms with Gasteiger partial charge in [-0.3, -0.25) is 0 Å². The molecule has 0 N–H and O–H groups in total. The Balaban J connectivity index is 0.00000256. The van der Waals surface area contributed by atoms with Gasteiger partial charge in [-0.15, -0.1) is 5.54 Å². The summed E-state index contributed by atoms with van der Waals surface area (Å²) in [6.45, 7) is 1.03. The van der Waals surface area contributed by atoms with Crippen LogP contribution in [0.15, 0.2) is 24.3 Å². The third-order valence-electron chi connectivity index (χ3n) is 1.89. The fourth-order valence-electron chi connectivity index (χ4n) is 1.15. The third-order valence-corrected chi connectivity index (χ3v) is 2.76. The van der Waals surface area contributed by atoms with Gasteiger partial charge in [0, 0.05) is 0 Å². The van der Waals surface area contributed by atoms with Crippen molar-refractivity contribution in [2.75, 3.05) is 0 Å². The normalized spacial score (nSPS) is 11.2. The molecule has 86 valence electrons. The van der Waals surface area contributed by atoms with E-state index in [9.17, 15) is 12.9 Å². The van der Waals surface area contributed by atoms with Crippen LogP contribution in [0.1, 0.15) is 5.56 Å². The maximum Gasteiger partial charge on any atom is 1.00 e. The van der Waals surface area contributed by atoms with E-state index in [2.05, 4.69) is 11.5 Å². The van der Waals surface area contributed by atoms with Crippen molar-refractivity contribution >= 4 is 20.5 Å². The Morgan fingerprint density at radius 3 is 2.06 bits per heavy atom. The summed E-state index contributed by atoms with van der Waals surface area (Å²) in [5.41, 5.74) is 2.45. The van der Waals surface area contributed by atoms with Crippen molar-refractivity contribution in [3.63, 3.8) is 0 Å². The minimum atomic E-state index is -4.97. The molecule has 0 spiro atoms. The van der Waals surface area contributed by atoms with Gasteiger partial charge in [-0.2, -0.15) is 0 Å². The number of rotatable bonds is 1. The molecule has 0 atom stereocenters. The van der Waals surface area contributed by atoms with Crippen molar-refractivity contribution in [3.05, 3.63) is 29.8 Å². The predicted molar refractivity (Wildman–Crippen MR) is 65.4 cm³/mol. The summed E-state index contributed by atoms with van der Waals surface area (Å²) in [6, 6.07) is 5.50. The van der Waals surface area contributed by atoms with E-state index < -0.39 is 20.5 Å². The van der Waals surface area contributed by atoms with Crippen LogP contribution >= 0.6 is 0 Å². The smallest absolute Gasteiger partial charge is 0.445 e. The molecule has 0 aliphatic carbocycles. The zero-order valence-corrected chi connectivity index (χ0v) is 14.6. The SMILES string of the molecule is C[Si](C)(C)C#Cc1ccccc1[B-](F)(F)F.[K+]. The van der Waals surface area contributed by atoms with E-state index in [0.29, 0.717) is 0 Å². The molecule has 0 saturated carbocycles. The molecule has 0 amide bonds. The molecular formula is C11H13BF3KSi. The van der Waals surface area contributed by atoms with Crippen LogP contribution in [-0.4, -0.2) is 15.1 Å². The Labute approximate surface area is 144 Å². The molecule has 1 aromatic rings. The van der Waals surface area contributed by atoms with Crippen LogP contribution in [0.2, 0.25) is 19.6 Å². The number of benzene rings is 1. The second-order valence-corrected chi connectivity index (χ2v) is 9.41. The largest absolute Gasteiger partial charge is 1.00 e. The fraction of sp³-hybridized carbons (Fsp3) is 0.273. The van der Waals surface area contributed by atoms with Crippen LogP contribution in [0.3, 0.4) is 0 Å². The quantitative estimate of drug-likeness (QED) is 0.501. The second kappa shape index (κ2) is 6.60. The molecule has 0 unspecified atom stereocenters. The zero-order valence-electron chi connectivity index (χ0n) is 10.5. The van der Waals surface area contributed by atoms with Gasteiger partial charge in [0.25, 0.3) is 0 Å². The van der Waals surface area contributed by atoms with Crippen LogP contribution < -0.4 is 56.8 Å². The molecule has 0 bridgehead atoms. The molecule has 17 heavy (non-hydrogen) atoms. The molecule has 0 aromatic heterocycles. The van der Waals surface area contributed by atoms with E-state index in [1.165, 1.54) is 12.1 Å². The standard InChI is InChI=1S/C11H13BF3Si.K/c1-16(2,3)9-8-10-6-4-5-7-11(10)12(13,14)15;/h4-7H,1-3H3;/q-1;+1. The molecular weight excluding hydrogens is 267 g/mol. The molecule has 0 heterocycles. The van der Waals surface area contributed by atoms with Gasteiger partial charge in [0.05, 0.1) is 0 Å². The average Bonchev–Trinajstić information content (AvgIpc) is 2.12. The van der Waals surface area contributed by atoms with Gasteiger partial charge < -0.3 is 12.9 Å². The third kappa shape index (κ3) is 6.27. The van der Waals surface area contributed by atoms with E-state index in [1.54, 1.807) is 6.07 Å². The molecule has 0 aliphatic heterocycles. The van der Waals surface area contributed by atoms with Gasteiger partial charge >= 0.3 is 58.4 Å². The molecule has 0 radical (unpaired) electrons. The first-order valence-corrected chi connectivity index (χ1v) is 8.52. The Kier molecular flexibility index (Phi) is 6.79. The molecule has 0 fully saturated rings. The number of halogens is 3. The van der Waals surface area contributed by atoms with Crippen molar-refractivity contribution < 1.29 is 64.3 Å². The summed E-state index contributed by atoms with van der Waals surface area (Å²) in [6.07, 6.45) is 0. The van der Waals surface area contributed by atoms with Crippen LogP contribution in [0.5, 0.6) is 0 Å². The summed E-state index contributed by atoms with van der Waals surface area (Å²) in [5.74, 6) is 2.67. The Morgan fingerprint density at radius 2 is 1.59 bits per heavy atom. The average molecular weight is 280 g/mol. The van der Waals surface area contributed by atoms with Crippen LogP contribution in [0.4, 0.5) is 12.9 Å². The van der Waals surface area contributed by atoms with Gasteiger partial charge in [0.2, 0.25) is 0 Å². The van der Waals surface area contributed by atoms with Gasteiger partial charge in [0.1, 0.15) is 8.07 Å². The molecule has 0 saturated heterocycles. The predicted octanol–water partition coefficient (Wildman–Crippen LogP) is -0.0261. The summed E-state index contributed by atoms with van der Waals surface area (Å²) >= 11 is 0. The second-order valence-electron chi connectivity index (χ2n) is 4.66. The molecule has 1 rings (SSSR count).